The summed E-state index contributed by atoms with van der Waals surface area (Å²) in [6.07, 6.45) is -0.753. The molecule has 29 heavy (non-hydrogen) atoms. The Hall–Kier alpha value is -0.300. The first-order valence-electron chi connectivity index (χ1n) is 9.74. The van der Waals surface area contributed by atoms with Crippen molar-refractivity contribution in [3.05, 3.63) is 26.6 Å². The van der Waals surface area contributed by atoms with Crippen LogP contribution in [0.1, 0.15) is 31.2 Å². The Morgan fingerprint density at radius 3 is 2.41 bits per heavy atom. The molecule has 1 saturated heterocycles. The molecule has 7 N–H and O–H groups in total. The molecule has 1 aliphatic heterocycles. The summed E-state index contributed by atoms with van der Waals surface area (Å²) in [5, 5.41) is 56.2. The molecule has 1 saturated carbocycles. The maximum absolute atomic E-state index is 10.6. The first-order valence-corrected chi connectivity index (χ1v) is 11.3. The van der Waals surface area contributed by atoms with Gasteiger partial charge in [0.15, 0.2) is 0 Å². The average molecular weight is 540 g/mol. The normalized spacial score (nSPS) is 35.1. The van der Waals surface area contributed by atoms with Crippen molar-refractivity contribution in [1.29, 1.82) is 0 Å². The van der Waals surface area contributed by atoms with Crippen LogP contribution in [0.2, 0.25) is 0 Å². The van der Waals surface area contributed by atoms with Crippen LogP contribution in [0.15, 0.2) is 21.1 Å². The Kier molecular flexibility index (Phi) is 7.96. The highest BCUT2D eigenvalue weighted by molar-refractivity contribution is 9.11. The number of halogens is 2. The van der Waals surface area contributed by atoms with Crippen LogP contribution in [0.3, 0.4) is 0 Å². The first-order chi connectivity index (χ1) is 13.7. The van der Waals surface area contributed by atoms with Gasteiger partial charge in [-0.15, -0.1) is 0 Å². The van der Waals surface area contributed by atoms with E-state index in [1.54, 1.807) is 0 Å². The Morgan fingerprint density at radius 2 is 1.79 bits per heavy atom. The van der Waals surface area contributed by atoms with E-state index < -0.39 is 30.7 Å². The first kappa shape index (κ1) is 23.4. The molecule has 4 atom stereocenters. The lowest BCUT2D eigenvalue weighted by molar-refractivity contribution is -0.220. The summed E-state index contributed by atoms with van der Waals surface area (Å²) in [6, 6.07) is 4.15. The van der Waals surface area contributed by atoms with Gasteiger partial charge in [-0.3, -0.25) is 0 Å². The Labute approximate surface area is 186 Å². The van der Waals surface area contributed by atoms with Crippen LogP contribution >= 0.6 is 31.9 Å². The summed E-state index contributed by atoms with van der Waals surface area (Å²) in [7, 11) is 0. The van der Waals surface area contributed by atoms with E-state index in [1.807, 2.05) is 12.1 Å². The second-order valence-electron chi connectivity index (χ2n) is 7.78. The lowest BCUT2D eigenvalue weighted by Crippen LogP contribution is -2.48. The molecule has 8 nitrogen and oxygen atoms in total. The zero-order valence-corrected chi connectivity index (χ0v) is 19.1. The second-order valence-corrected chi connectivity index (χ2v) is 9.55. The molecule has 1 aliphatic carbocycles. The maximum atomic E-state index is 10.6. The molecule has 164 valence electrons. The van der Waals surface area contributed by atoms with Gasteiger partial charge in [0.05, 0.1) is 24.9 Å². The number of benzene rings is 1. The lowest BCUT2D eigenvalue weighted by atomic mass is 9.93. The highest BCUT2D eigenvalue weighted by atomic mass is 79.9. The van der Waals surface area contributed by atoms with Gasteiger partial charge in [0.1, 0.15) is 18.3 Å². The molecule has 0 unspecified atom stereocenters. The zero-order chi connectivity index (χ0) is 21.2. The quantitative estimate of drug-likeness (QED) is 0.271. The van der Waals surface area contributed by atoms with Gasteiger partial charge in [0.2, 0.25) is 5.79 Å². The fraction of sp³-hybridized carbons (Fsp3) is 0.684. The van der Waals surface area contributed by atoms with Crippen LogP contribution in [-0.2, 0) is 11.3 Å². The predicted octanol–water partition coefficient (Wildman–Crippen LogP) is 0.818. The standard InChI is InChI=1S/C19H28Br2N2O6/c20-11-5-10(7-22-12-1-3-13(25)4-2-12)16(14(21)6-11)23-9-19(28)18(27)17(26)15(8-24)29-19/h5-6,12-13,15,17-18,22-28H,1-4,7-9H2/t12?,13?,15-,17-,18+,19+/m1/s1. The lowest BCUT2D eigenvalue weighted by Gasteiger charge is -2.29. The van der Waals surface area contributed by atoms with E-state index in [4.69, 9.17) is 4.74 Å². The molecule has 1 aromatic carbocycles. The van der Waals surface area contributed by atoms with Gasteiger partial charge < -0.3 is 40.9 Å². The van der Waals surface area contributed by atoms with Crippen molar-refractivity contribution >= 4 is 37.5 Å². The van der Waals surface area contributed by atoms with E-state index in [-0.39, 0.29) is 12.6 Å². The third kappa shape index (κ3) is 5.50. The largest absolute Gasteiger partial charge is 0.394 e. The van der Waals surface area contributed by atoms with Crippen LogP contribution in [0, 0.1) is 0 Å². The van der Waals surface area contributed by atoms with Crippen LogP contribution in [0.5, 0.6) is 0 Å². The second kappa shape index (κ2) is 9.88. The molecule has 0 amide bonds. The molecular weight excluding hydrogens is 512 g/mol. The van der Waals surface area contributed by atoms with E-state index in [2.05, 4.69) is 42.5 Å². The molecule has 2 aliphatic rings. The van der Waals surface area contributed by atoms with Crippen LogP contribution in [0.4, 0.5) is 5.69 Å². The number of anilines is 1. The van der Waals surface area contributed by atoms with Crippen molar-refractivity contribution in [2.24, 2.45) is 0 Å². The van der Waals surface area contributed by atoms with E-state index in [9.17, 15) is 25.5 Å². The summed E-state index contributed by atoms with van der Waals surface area (Å²) >= 11 is 7.01. The van der Waals surface area contributed by atoms with E-state index in [1.165, 1.54) is 0 Å². The van der Waals surface area contributed by atoms with Crippen LogP contribution in [-0.4, -0.2) is 74.9 Å². The Morgan fingerprint density at radius 1 is 1.10 bits per heavy atom. The minimum atomic E-state index is -2.02. The molecule has 2 fully saturated rings. The number of rotatable bonds is 7. The van der Waals surface area contributed by atoms with Gasteiger partial charge in [0, 0.05) is 21.5 Å². The summed E-state index contributed by atoms with van der Waals surface area (Å²) < 4.78 is 6.94. The third-order valence-electron chi connectivity index (χ3n) is 5.63. The van der Waals surface area contributed by atoms with Crippen molar-refractivity contribution < 1.29 is 30.3 Å². The highest BCUT2D eigenvalue weighted by Gasteiger charge is 2.53. The van der Waals surface area contributed by atoms with Crippen molar-refractivity contribution in [1.82, 2.24) is 5.32 Å². The average Bonchev–Trinajstić information content (AvgIpc) is 2.90. The number of nitrogens with one attached hydrogen (secondary N) is 2. The van der Waals surface area contributed by atoms with Crippen LogP contribution in [0.25, 0.3) is 0 Å². The molecule has 0 spiro atoms. The summed E-state index contributed by atoms with van der Waals surface area (Å²) in [6.45, 7) is -0.108. The molecule has 1 aromatic rings. The Bertz CT molecular complexity index is 704. The van der Waals surface area contributed by atoms with E-state index in [0.29, 0.717) is 12.6 Å². The van der Waals surface area contributed by atoms with Crippen LogP contribution < -0.4 is 10.6 Å². The van der Waals surface area contributed by atoms with E-state index >= 15 is 0 Å². The minimum absolute atomic E-state index is 0.176. The topological polar surface area (TPSA) is 134 Å². The molecule has 0 aromatic heterocycles. The van der Waals surface area contributed by atoms with E-state index in [0.717, 1.165) is 45.9 Å². The summed E-state index contributed by atoms with van der Waals surface area (Å²) in [5.74, 6) is -2.02. The molecule has 0 radical (unpaired) electrons. The van der Waals surface area contributed by atoms with Crippen molar-refractivity contribution in [2.75, 3.05) is 18.5 Å². The predicted molar refractivity (Wildman–Crippen MR) is 114 cm³/mol. The van der Waals surface area contributed by atoms with Gasteiger partial charge in [-0.25, -0.2) is 0 Å². The number of hydrogen-bond donors (Lipinski definition) is 7. The fourth-order valence-electron chi connectivity index (χ4n) is 3.88. The third-order valence-corrected chi connectivity index (χ3v) is 6.72. The Balaban J connectivity index is 1.68. The summed E-state index contributed by atoms with van der Waals surface area (Å²) in [5.41, 5.74) is 1.66. The highest BCUT2D eigenvalue weighted by Crippen LogP contribution is 2.34. The van der Waals surface area contributed by atoms with Gasteiger partial charge in [-0.2, -0.15) is 0 Å². The molecular formula is C19H28Br2N2O6. The smallest absolute Gasteiger partial charge is 0.213 e. The van der Waals surface area contributed by atoms with Gasteiger partial charge in [-0.05, 0) is 59.3 Å². The van der Waals surface area contributed by atoms with Gasteiger partial charge in [-0.1, -0.05) is 15.9 Å². The monoisotopic (exact) mass is 538 g/mol. The fourth-order valence-corrected chi connectivity index (χ4v) is 5.33. The van der Waals surface area contributed by atoms with Crippen molar-refractivity contribution in [3.8, 4) is 0 Å². The van der Waals surface area contributed by atoms with Gasteiger partial charge in [0.25, 0.3) is 0 Å². The number of aliphatic hydroxyl groups excluding tert-OH is 4. The van der Waals surface area contributed by atoms with Crippen molar-refractivity contribution in [2.45, 2.75) is 68.5 Å². The molecule has 0 bridgehead atoms. The number of hydrogen-bond acceptors (Lipinski definition) is 8. The SMILES string of the molecule is OC[C@H]1O[C@@](O)(CNc2c(Br)cc(Br)cc2CNC2CCC(O)CC2)[C@@H](O)[C@@H]1O. The number of aliphatic hydroxyl groups is 5. The minimum Gasteiger partial charge on any atom is -0.394 e. The van der Waals surface area contributed by atoms with Crippen molar-refractivity contribution in [3.63, 3.8) is 0 Å². The maximum Gasteiger partial charge on any atom is 0.213 e. The van der Waals surface area contributed by atoms with Gasteiger partial charge >= 0.3 is 0 Å². The number of ether oxygens (including phenoxy) is 1. The zero-order valence-electron chi connectivity index (χ0n) is 15.9. The summed E-state index contributed by atoms with van der Waals surface area (Å²) in [4.78, 5) is 0. The molecule has 10 heteroatoms. The molecule has 3 rings (SSSR count). The molecule has 1 heterocycles.